The molecule has 1 aromatic heterocycles. The molecule has 0 aliphatic rings. The highest BCUT2D eigenvalue weighted by atomic mass is 28.3. The SMILES string of the molecule is c1ccc(-c2cccc3ccc(-c4ccc(N(c5cccc([Si](c6ccccc6)(c6ccccc6)c6ccccc6)c5)c5ccc6ccc7c8ccccc8oc7c6c5)cc4)cc23)cc1. The molecule has 0 atom stereocenters. The Hall–Kier alpha value is -8.24. The zero-order valence-corrected chi connectivity index (χ0v) is 36.7. The van der Waals surface area contributed by atoms with Crippen LogP contribution >= 0.6 is 0 Å². The lowest BCUT2D eigenvalue weighted by atomic mass is 9.95. The number of furan rings is 1. The van der Waals surface area contributed by atoms with Crippen molar-refractivity contribution in [2.75, 3.05) is 4.90 Å². The van der Waals surface area contributed by atoms with E-state index < -0.39 is 8.07 Å². The molecule has 0 bridgehead atoms. The van der Waals surface area contributed by atoms with Crippen LogP contribution in [0.1, 0.15) is 0 Å². The zero-order chi connectivity index (χ0) is 43.2. The van der Waals surface area contributed by atoms with E-state index in [2.05, 4.69) is 260 Å². The van der Waals surface area contributed by atoms with Gasteiger partial charge in [0.2, 0.25) is 0 Å². The summed E-state index contributed by atoms with van der Waals surface area (Å²) in [5.74, 6) is 0. The first kappa shape index (κ1) is 38.4. The van der Waals surface area contributed by atoms with Gasteiger partial charge in [0.25, 0.3) is 0 Å². The van der Waals surface area contributed by atoms with Crippen LogP contribution in [-0.4, -0.2) is 8.07 Å². The molecule has 0 aliphatic carbocycles. The van der Waals surface area contributed by atoms with Crippen LogP contribution in [-0.2, 0) is 0 Å². The molecule has 306 valence electrons. The number of fused-ring (bicyclic) bond motifs is 6. The highest BCUT2D eigenvalue weighted by molar-refractivity contribution is 7.19. The highest BCUT2D eigenvalue weighted by Gasteiger charge is 2.41. The maximum atomic E-state index is 6.64. The first-order valence-corrected chi connectivity index (χ1v) is 24.3. The molecular weight excluding hydrogens is 803 g/mol. The van der Waals surface area contributed by atoms with Crippen molar-refractivity contribution in [2.24, 2.45) is 0 Å². The van der Waals surface area contributed by atoms with Crippen molar-refractivity contribution in [1.29, 1.82) is 0 Å². The van der Waals surface area contributed by atoms with Crippen LogP contribution in [0.25, 0.3) is 65.7 Å². The first-order valence-electron chi connectivity index (χ1n) is 22.3. The topological polar surface area (TPSA) is 16.4 Å². The molecule has 12 aromatic rings. The summed E-state index contributed by atoms with van der Waals surface area (Å²) < 4.78 is 6.64. The molecule has 1 heterocycles. The van der Waals surface area contributed by atoms with Crippen LogP contribution in [0, 0.1) is 0 Å². The maximum absolute atomic E-state index is 6.64. The third-order valence-corrected chi connectivity index (χ3v) is 18.0. The normalized spacial score (nSPS) is 11.7. The van der Waals surface area contributed by atoms with Gasteiger partial charge in [-0.05, 0) is 114 Å². The predicted molar refractivity (Wildman–Crippen MR) is 278 cm³/mol. The van der Waals surface area contributed by atoms with Crippen molar-refractivity contribution in [1.82, 2.24) is 0 Å². The lowest BCUT2D eigenvalue weighted by molar-refractivity contribution is 0.672. The molecule has 0 saturated carbocycles. The summed E-state index contributed by atoms with van der Waals surface area (Å²) in [4.78, 5) is 2.42. The van der Waals surface area contributed by atoms with E-state index in [0.717, 1.165) is 49.8 Å². The Morgan fingerprint density at radius 1 is 0.292 bits per heavy atom. The second kappa shape index (κ2) is 16.1. The molecule has 3 heteroatoms. The fourth-order valence-corrected chi connectivity index (χ4v) is 14.9. The van der Waals surface area contributed by atoms with E-state index in [9.17, 15) is 0 Å². The van der Waals surface area contributed by atoms with Gasteiger partial charge < -0.3 is 9.32 Å². The van der Waals surface area contributed by atoms with E-state index in [1.54, 1.807) is 0 Å². The number of para-hydroxylation sites is 1. The minimum Gasteiger partial charge on any atom is -0.455 e. The lowest BCUT2D eigenvalue weighted by Crippen LogP contribution is -2.74. The summed E-state index contributed by atoms with van der Waals surface area (Å²) in [6.45, 7) is 0. The summed E-state index contributed by atoms with van der Waals surface area (Å²) in [7, 11) is -2.82. The summed E-state index contributed by atoms with van der Waals surface area (Å²) >= 11 is 0. The summed E-state index contributed by atoms with van der Waals surface area (Å²) in [5.41, 5.74) is 9.82. The van der Waals surface area contributed by atoms with Crippen molar-refractivity contribution in [3.63, 3.8) is 0 Å². The minimum absolute atomic E-state index is 0.897. The van der Waals surface area contributed by atoms with Gasteiger partial charge in [-0.3, -0.25) is 0 Å². The van der Waals surface area contributed by atoms with Crippen LogP contribution in [0.15, 0.2) is 265 Å². The highest BCUT2D eigenvalue weighted by Crippen LogP contribution is 2.41. The Kier molecular flexibility index (Phi) is 9.55. The molecule has 65 heavy (non-hydrogen) atoms. The number of hydrogen-bond acceptors (Lipinski definition) is 2. The largest absolute Gasteiger partial charge is 0.455 e. The van der Waals surface area contributed by atoms with Gasteiger partial charge in [-0.15, -0.1) is 0 Å². The molecule has 0 unspecified atom stereocenters. The summed E-state index contributed by atoms with van der Waals surface area (Å²) in [6, 6.07) is 95.5. The Morgan fingerprint density at radius 3 is 1.54 bits per heavy atom. The molecule has 12 rings (SSSR count). The molecule has 0 amide bonds. The molecule has 2 nitrogen and oxygen atoms in total. The monoisotopic (exact) mass is 845 g/mol. The number of nitrogens with zero attached hydrogens (tertiary/aromatic N) is 1. The number of rotatable bonds is 9. The van der Waals surface area contributed by atoms with E-state index in [0.29, 0.717) is 0 Å². The maximum Gasteiger partial charge on any atom is 0.179 e. The predicted octanol–water partition coefficient (Wildman–Crippen LogP) is 14.1. The smallest absolute Gasteiger partial charge is 0.179 e. The van der Waals surface area contributed by atoms with E-state index in [1.165, 1.54) is 53.8 Å². The third kappa shape index (κ3) is 6.64. The second-order valence-electron chi connectivity index (χ2n) is 16.8. The Labute approximate surface area is 379 Å². The van der Waals surface area contributed by atoms with Gasteiger partial charge in [-0.25, -0.2) is 0 Å². The Balaban J connectivity index is 1.06. The van der Waals surface area contributed by atoms with Crippen molar-refractivity contribution in [3.05, 3.63) is 261 Å². The molecule has 0 saturated heterocycles. The number of benzene rings is 11. The molecule has 0 radical (unpaired) electrons. The van der Waals surface area contributed by atoms with Gasteiger partial charge in [0.1, 0.15) is 11.2 Å². The Bertz CT molecular complexity index is 3540. The first-order chi connectivity index (χ1) is 32.2. The fourth-order valence-electron chi connectivity index (χ4n) is 10.1. The number of anilines is 3. The van der Waals surface area contributed by atoms with E-state index in [4.69, 9.17) is 4.42 Å². The molecule has 0 fully saturated rings. The molecule has 11 aromatic carbocycles. The van der Waals surface area contributed by atoms with Crippen LogP contribution in [0.5, 0.6) is 0 Å². The summed E-state index contributed by atoms with van der Waals surface area (Å²) in [5, 5.41) is 12.3. The van der Waals surface area contributed by atoms with E-state index >= 15 is 0 Å². The molecular formula is C62H43NOSi. The second-order valence-corrected chi connectivity index (χ2v) is 20.6. The molecule has 0 N–H and O–H groups in total. The average molecular weight is 846 g/mol. The van der Waals surface area contributed by atoms with Crippen molar-refractivity contribution >= 4 is 89.4 Å². The van der Waals surface area contributed by atoms with Crippen LogP contribution in [0.2, 0.25) is 0 Å². The van der Waals surface area contributed by atoms with Gasteiger partial charge >= 0.3 is 0 Å². The van der Waals surface area contributed by atoms with Gasteiger partial charge in [-0.2, -0.15) is 0 Å². The van der Waals surface area contributed by atoms with Crippen LogP contribution in [0.4, 0.5) is 17.1 Å². The molecule has 0 spiro atoms. The van der Waals surface area contributed by atoms with E-state index in [-0.39, 0.29) is 0 Å². The quantitative estimate of drug-likeness (QED) is 0.106. The molecule has 0 aliphatic heterocycles. The van der Waals surface area contributed by atoms with Crippen molar-refractivity contribution in [3.8, 4) is 22.3 Å². The average Bonchev–Trinajstić information content (AvgIpc) is 3.77. The van der Waals surface area contributed by atoms with Crippen molar-refractivity contribution in [2.45, 2.75) is 0 Å². The van der Waals surface area contributed by atoms with Gasteiger partial charge in [0.05, 0.1) is 0 Å². The van der Waals surface area contributed by atoms with Crippen LogP contribution in [0.3, 0.4) is 0 Å². The zero-order valence-electron chi connectivity index (χ0n) is 35.7. The third-order valence-electron chi connectivity index (χ3n) is 13.2. The summed E-state index contributed by atoms with van der Waals surface area (Å²) in [6.07, 6.45) is 0. The Morgan fingerprint density at radius 2 is 0.831 bits per heavy atom. The van der Waals surface area contributed by atoms with E-state index in [1.807, 2.05) is 6.07 Å². The minimum atomic E-state index is -2.82. The van der Waals surface area contributed by atoms with Crippen LogP contribution < -0.4 is 25.6 Å². The fraction of sp³-hybridized carbons (Fsp3) is 0. The van der Waals surface area contributed by atoms with Gasteiger partial charge in [0, 0.05) is 33.2 Å². The standard InChI is InChI=1S/C62H43NOSi/c1-5-17-45(18-6-1)56-29-15-19-46-31-32-48(41-59(46)56)44-33-37-49(38-34-44)63(51-39-35-47-36-40-58-57-28-13-14-30-61(57)64-62(58)60(47)43-51)50-20-16-27-55(42-50)65(52-21-7-2-8-22-52,53-23-9-3-10-24-53)54-25-11-4-12-26-54/h1-43H. The van der Waals surface area contributed by atoms with Gasteiger partial charge in [-0.1, -0.05) is 206 Å². The van der Waals surface area contributed by atoms with Gasteiger partial charge in [0.15, 0.2) is 8.07 Å². The lowest BCUT2D eigenvalue weighted by Gasteiger charge is -2.35. The van der Waals surface area contributed by atoms with Crippen molar-refractivity contribution < 1.29 is 4.42 Å². The number of hydrogen-bond donors (Lipinski definition) is 0.